The number of ether oxygens (including phenoxy) is 1. The molecule has 0 aromatic carbocycles. The van der Waals surface area contributed by atoms with Gasteiger partial charge in [-0.1, -0.05) is 6.92 Å². The minimum atomic E-state index is -3.17. The van der Waals surface area contributed by atoms with Gasteiger partial charge in [-0.25, -0.2) is 12.7 Å². The molecule has 0 radical (unpaired) electrons. The van der Waals surface area contributed by atoms with Crippen LogP contribution in [0.4, 0.5) is 0 Å². The number of nitrogens with zero attached hydrogens (tertiary/aromatic N) is 1. The molecule has 2 aliphatic rings. The highest BCUT2D eigenvalue weighted by Crippen LogP contribution is 2.25. The second-order valence-electron chi connectivity index (χ2n) is 5.05. The number of sulfonamides is 1. The molecule has 2 fully saturated rings. The zero-order valence-electron chi connectivity index (χ0n) is 10.1. The Bertz CT molecular complexity index is 354. The third-order valence-corrected chi connectivity index (χ3v) is 6.14. The SMILES string of the molecule is CC1CN(S(=O)(=O)CC2CCCO2)CCC1Cl. The first-order chi connectivity index (χ1) is 7.99. The minimum absolute atomic E-state index is 0.101. The molecular formula is C11H20ClNO3S. The predicted molar refractivity (Wildman–Crippen MR) is 67.8 cm³/mol. The first-order valence-corrected chi connectivity index (χ1v) is 8.27. The summed E-state index contributed by atoms with van der Waals surface area (Å²) in [6, 6.07) is 0. The van der Waals surface area contributed by atoms with Crippen LogP contribution in [0.25, 0.3) is 0 Å². The topological polar surface area (TPSA) is 46.6 Å². The Balaban J connectivity index is 1.95. The van der Waals surface area contributed by atoms with Crippen LogP contribution < -0.4 is 0 Å². The number of hydrogen-bond acceptors (Lipinski definition) is 3. The van der Waals surface area contributed by atoms with Gasteiger partial charge in [-0.05, 0) is 25.2 Å². The minimum Gasteiger partial charge on any atom is -0.377 e. The number of rotatable bonds is 3. The molecular weight excluding hydrogens is 262 g/mol. The van der Waals surface area contributed by atoms with Crippen molar-refractivity contribution < 1.29 is 13.2 Å². The number of piperidine rings is 1. The Morgan fingerprint density at radius 2 is 2.18 bits per heavy atom. The lowest BCUT2D eigenvalue weighted by atomic mass is 10.0. The van der Waals surface area contributed by atoms with Gasteiger partial charge in [0.25, 0.3) is 0 Å². The highest BCUT2D eigenvalue weighted by atomic mass is 35.5. The van der Waals surface area contributed by atoms with Crippen LogP contribution in [0.3, 0.4) is 0 Å². The molecule has 4 nitrogen and oxygen atoms in total. The van der Waals surface area contributed by atoms with Crippen molar-refractivity contribution in [2.45, 2.75) is 37.7 Å². The van der Waals surface area contributed by atoms with Crippen molar-refractivity contribution in [3.8, 4) is 0 Å². The molecule has 0 spiro atoms. The lowest BCUT2D eigenvalue weighted by Crippen LogP contribution is -2.45. The van der Waals surface area contributed by atoms with E-state index in [1.165, 1.54) is 0 Å². The monoisotopic (exact) mass is 281 g/mol. The van der Waals surface area contributed by atoms with Crippen molar-refractivity contribution in [2.75, 3.05) is 25.4 Å². The average molecular weight is 282 g/mol. The van der Waals surface area contributed by atoms with Crippen LogP contribution in [0.1, 0.15) is 26.2 Å². The normalized spacial score (nSPS) is 36.2. The molecule has 2 rings (SSSR count). The third-order valence-electron chi connectivity index (χ3n) is 3.58. The summed E-state index contributed by atoms with van der Waals surface area (Å²) in [7, 11) is -3.17. The van der Waals surface area contributed by atoms with Gasteiger partial charge in [0, 0.05) is 25.1 Å². The fourth-order valence-corrected chi connectivity index (χ4v) is 4.41. The Hall–Kier alpha value is 0.160. The summed E-state index contributed by atoms with van der Waals surface area (Å²) in [5.41, 5.74) is 0. The molecule has 2 aliphatic heterocycles. The highest BCUT2D eigenvalue weighted by Gasteiger charge is 2.33. The first kappa shape index (κ1) is 13.6. The molecule has 2 heterocycles. The summed E-state index contributed by atoms with van der Waals surface area (Å²) >= 11 is 6.11. The lowest BCUT2D eigenvalue weighted by Gasteiger charge is -2.33. The summed E-state index contributed by atoms with van der Waals surface area (Å²) in [4.78, 5) is 0. The molecule has 6 heteroatoms. The van der Waals surface area contributed by atoms with Crippen LogP contribution in [-0.2, 0) is 14.8 Å². The van der Waals surface area contributed by atoms with E-state index in [9.17, 15) is 8.42 Å². The van der Waals surface area contributed by atoms with Crippen molar-refractivity contribution in [1.29, 1.82) is 0 Å². The van der Waals surface area contributed by atoms with Gasteiger partial charge in [0.05, 0.1) is 11.9 Å². The highest BCUT2D eigenvalue weighted by molar-refractivity contribution is 7.89. The summed E-state index contributed by atoms with van der Waals surface area (Å²) in [5, 5.41) is 0.101. The van der Waals surface area contributed by atoms with E-state index in [-0.39, 0.29) is 23.2 Å². The molecule has 0 N–H and O–H groups in total. The molecule has 0 bridgehead atoms. The second kappa shape index (κ2) is 5.43. The Labute approximate surface area is 108 Å². The van der Waals surface area contributed by atoms with Gasteiger partial charge in [-0.2, -0.15) is 0 Å². The molecule has 0 aromatic heterocycles. The fraction of sp³-hybridized carbons (Fsp3) is 1.00. The van der Waals surface area contributed by atoms with Crippen molar-refractivity contribution in [3.63, 3.8) is 0 Å². The summed E-state index contributed by atoms with van der Waals surface area (Å²) in [6.07, 6.45) is 2.47. The smallest absolute Gasteiger partial charge is 0.216 e. The Kier molecular flexibility index (Phi) is 4.34. The second-order valence-corrected chi connectivity index (χ2v) is 7.63. The average Bonchev–Trinajstić information content (AvgIpc) is 2.73. The van der Waals surface area contributed by atoms with Crippen LogP contribution in [0.2, 0.25) is 0 Å². The zero-order chi connectivity index (χ0) is 12.5. The van der Waals surface area contributed by atoms with E-state index in [0.29, 0.717) is 19.7 Å². The largest absolute Gasteiger partial charge is 0.377 e. The summed E-state index contributed by atoms with van der Waals surface area (Å²) in [6.45, 7) is 3.79. The van der Waals surface area contributed by atoms with E-state index in [4.69, 9.17) is 16.3 Å². The van der Waals surface area contributed by atoms with Crippen LogP contribution in [0.5, 0.6) is 0 Å². The van der Waals surface area contributed by atoms with E-state index >= 15 is 0 Å². The molecule has 3 atom stereocenters. The molecule has 0 aliphatic carbocycles. The molecule has 2 saturated heterocycles. The van der Waals surface area contributed by atoms with Gasteiger partial charge < -0.3 is 4.74 Å². The van der Waals surface area contributed by atoms with Crippen molar-refractivity contribution in [2.24, 2.45) is 5.92 Å². The van der Waals surface area contributed by atoms with Crippen LogP contribution in [-0.4, -0.2) is 49.7 Å². The summed E-state index contributed by atoms with van der Waals surface area (Å²) in [5.74, 6) is 0.358. The van der Waals surface area contributed by atoms with E-state index in [1.54, 1.807) is 4.31 Å². The van der Waals surface area contributed by atoms with Crippen molar-refractivity contribution in [3.05, 3.63) is 0 Å². The summed E-state index contributed by atoms with van der Waals surface area (Å²) < 4.78 is 31.4. The molecule has 3 unspecified atom stereocenters. The van der Waals surface area contributed by atoms with Gasteiger partial charge in [-0.3, -0.25) is 0 Å². The van der Waals surface area contributed by atoms with Crippen LogP contribution >= 0.6 is 11.6 Å². The van der Waals surface area contributed by atoms with Crippen molar-refractivity contribution in [1.82, 2.24) is 4.31 Å². The van der Waals surface area contributed by atoms with Gasteiger partial charge in [-0.15, -0.1) is 11.6 Å². The molecule has 0 aromatic rings. The predicted octanol–water partition coefficient (Wildman–Crippen LogP) is 1.44. The maximum absolute atomic E-state index is 12.2. The number of alkyl halides is 1. The molecule has 17 heavy (non-hydrogen) atoms. The van der Waals surface area contributed by atoms with Crippen LogP contribution in [0, 0.1) is 5.92 Å². The maximum Gasteiger partial charge on any atom is 0.216 e. The zero-order valence-corrected chi connectivity index (χ0v) is 11.7. The third kappa shape index (κ3) is 3.34. The number of halogens is 1. The molecule has 100 valence electrons. The van der Waals surface area contributed by atoms with E-state index in [1.807, 2.05) is 6.92 Å². The molecule has 0 saturated carbocycles. The standard InChI is InChI=1S/C11H20ClNO3S/c1-9-7-13(5-4-11(9)12)17(14,15)8-10-3-2-6-16-10/h9-11H,2-8H2,1H3. The van der Waals surface area contributed by atoms with E-state index < -0.39 is 10.0 Å². The number of hydrogen-bond donors (Lipinski definition) is 0. The van der Waals surface area contributed by atoms with Crippen LogP contribution in [0.15, 0.2) is 0 Å². The van der Waals surface area contributed by atoms with Gasteiger partial charge >= 0.3 is 0 Å². The Morgan fingerprint density at radius 3 is 2.76 bits per heavy atom. The van der Waals surface area contributed by atoms with Gasteiger partial charge in [0.1, 0.15) is 0 Å². The lowest BCUT2D eigenvalue weighted by molar-refractivity contribution is 0.126. The quantitative estimate of drug-likeness (QED) is 0.736. The Morgan fingerprint density at radius 1 is 1.41 bits per heavy atom. The van der Waals surface area contributed by atoms with Crippen molar-refractivity contribution >= 4 is 21.6 Å². The maximum atomic E-state index is 12.2. The molecule has 0 amide bonds. The van der Waals surface area contributed by atoms with Gasteiger partial charge in [0.15, 0.2) is 0 Å². The van der Waals surface area contributed by atoms with E-state index in [0.717, 1.165) is 19.3 Å². The van der Waals surface area contributed by atoms with Gasteiger partial charge in [0.2, 0.25) is 10.0 Å². The fourth-order valence-electron chi connectivity index (χ4n) is 2.45. The van der Waals surface area contributed by atoms with E-state index in [2.05, 4.69) is 0 Å². The first-order valence-electron chi connectivity index (χ1n) is 6.22.